The lowest BCUT2D eigenvalue weighted by Crippen LogP contribution is -2.13. The lowest BCUT2D eigenvalue weighted by molar-refractivity contribution is -0.137. The average Bonchev–Trinajstić information content (AvgIpc) is 2.78. The number of aromatic nitrogens is 2. The van der Waals surface area contributed by atoms with Gasteiger partial charge in [-0.05, 0) is 37.1 Å². The highest BCUT2D eigenvalue weighted by Crippen LogP contribution is 2.18. The van der Waals surface area contributed by atoms with Crippen LogP contribution in [0.25, 0.3) is 0 Å². The Morgan fingerprint density at radius 2 is 2.05 bits per heavy atom. The van der Waals surface area contributed by atoms with Gasteiger partial charge in [-0.3, -0.25) is 14.2 Å². The summed E-state index contributed by atoms with van der Waals surface area (Å²) in [6.45, 7) is 3.40. The molecule has 2 N–H and O–H groups in total. The van der Waals surface area contributed by atoms with E-state index in [-0.39, 0.29) is 17.1 Å². The molecule has 21 heavy (non-hydrogen) atoms. The van der Waals surface area contributed by atoms with E-state index in [2.05, 4.69) is 9.82 Å². The molecular weight excluding hydrogens is 294 g/mol. The van der Waals surface area contributed by atoms with Crippen LogP contribution >= 0.6 is 0 Å². The van der Waals surface area contributed by atoms with Gasteiger partial charge in [-0.2, -0.15) is 5.10 Å². The van der Waals surface area contributed by atoms with Crippen molar-refractivity contribution in [1.29, 1.82) is 0 Å². The second-order valence-corrected chi connectivity index (χ2v) is 6.35. The molecule has 1 aromatic carbocycles. The maximum Gasteiger partial charge on any atom is 0.325 e. The first-order valence-corrected chi connectivity index (χ1v) is 7.60. The van der Waals surface area contributed by atoms with E-state index in [0.717, 1.165) is 15.8 Å². The van der Waals surface area contributed by atoms with E-state index >= 15 is 0 Å². The first-order valence-electron chi connectivity index (χ1n) is 6.12. The summed E-state index contributed by atoms with van der Waals surface area (Å²) in [6.07, 6.45) is 2.59. The molecule has 0 fully saturated rings. The molecule has 1 aromatic heterocycles. The first kappa shape index (κ1) is 15.0. The zero-order valence-electron chi connectivity index (χ0n) is 11.6. The predicted molar refractivity (Wildman–Crippen MR) is 76.6 cm³/mol. The summed E-state index contributed by atoms with van der Waals surface area (Å²) in [6, 6.07) is 4.84. The van der Waals surface area contributed by atoms with Crippen molar-refractivity contribution < 1.29 is 18.3 Å². The normalized spacial score (nSPS) is 11.3. The number of benzene rings is 1. The number of carboxylic acid groups (broad SMARTS) is 1. The summed E-state index contributed by atoms with van der Waals surface area (Å²) in [7, 11) is -3.72. The number of aryl methyl sites for hydroxylation is 2. The number of rotatable bonds is 5. The zero-order valence-corrected chi connectivity index (χ0v) is 12.4. The van der Waals surface area contributed by atoms with E-state index in [1.54, 1.807) is 12.1 Å². The standard InChI is InChI=1S/C13H15N3O4S/c1-9-3-4-12(5-10(9)2)21(19,20)15-11-6-14-16(7-11)8-13(17)18/h3-7,15H,8H2,1-2H3,(H,17,18). The van der Waals surface area contributed by atoms with Gasteiger partial charge >= 0.3 is 5.97 Å². The SMILES string of the molecule is Cc1ccc(S(=O)(=O)Nc2cnn(CC(=O)O)c2)cc1C. The maximum atomic E-state index is 12.2. The van der Waals surface area contributed by atoms with Crippen molar-refractivity contribution in [2.75, 3.05) is 4.72 Å². The van der Waals surface area contributed by atoms with Crippen LogP contribution in [-0.2, 0) is 21.4 Å². The molecule has 0 saturated heterocycles. The third kappa shape index (κ3) is 3.60. The van der Waals surface area contributed by atoms with Crippen molar-refractivity contribution in [1.82, 2.24) is 9.78 Å². The lowest BCUT2D eigenvalue weighted by atomic mass is 10.1. The number of nitrogens with one attached hydrogen (secondary N) is 1. The maximum absolute atomic E-state index is 12.2. The fourth-order valence-electron chi connectivity index (χ4n) is 1.74. The number of carboxylic acids is 1. The minimum atomic E-state index is -3.72. The van der Waals surface area contributed by atoms with E-state index in [9.17, 15) is 13.2 Å². The van der Waals surface area contributed by atoms with Crippen molar-refractivity contribution in [2.24, 2.45) is 0 Å². The molecule has 0 saturated carbocycles. The minimum Gasteiger partial charge on any atom is -0.480 e. The van der Waals surface area contributed by atoms with Crippen molar-refractivity contribution in [2.45, 2.75) is 25.3 Å². The molecule has 0 aliphatic carbocycles. The van der Waals surface area contributed by atoms with E-state index in [4.69, 9.17) is 5.11 Å². The Morgan fingerprint density at radius 1 is 1.33 bits per heavy atom. The monoisotopic (exact) mass is 309 g/mol. The molecular formula is C13H15N3O4S. The molecule has 0 aliphatic rings. The van der Waals surface area contributed by atoms with E-state index in [1.807, 2.05) is 13.8 Å². The minimum absolute atomic E-state index is 0.150. The van der Waals surface area contributed by atoms with Crippen molar-refractivity contribution >= 4 is 21.7 Å². The van der Waals surface area contributed by atoms with Gasteiger partial charge in [0, 0.05) is 6.20 Å². The summed E-state index contributed by atoms with van der Waals surface area (Å²) in [5.74, 6) is -1.05. The van der Waals surface area contributed by atoms with Gasteiger partial charge < -0.3 is 5.11 Å². The van der Waals surface area contributed by atoms with Gasteiger partial charge in [0.05, 0.1) is 16.8 Å². The second-order valence-electron chi connectivity index (χ2n) is 4.67. The van der Waals surface area contributed by atoms with Gasteiger partial charge in [0.25, 0.3) is 10.0 Å². The third-order valence-corrected chi connectivity index (χ3v) is 4.35. The summed E-state index contributed by atoms with van der Waals surface area (Å²) in [5.41, 5.74) is 2.09. The highest BCUT2D eigenvalue weighted by Gasteiger charge is 2.16. The number of nitrogens with zero attached hydrogens (tertiary/aromatic N) is 2. The summed E-state index contributed by atoms with van der Waals surface area (Å²) in [4.78, 5) is 10.7. The van der Waals surface area contributed by atoms with Crippen LogP contribution in [0.5, 0.6) is 0 Å². The van der Waals surface area contributed by atoms with E-state index < -0.39 is 16.0 Å². The molecule has 0 spiro atoms. The van der Waals surface area contributed by atoms with Crippen LogP contribution < -0.4 is 4.72 Å². The Morgan fingerprint density at radius 3 is 2.67 bits per heavy atom. The molecule has 0 radical (unpaired) electrons. The second kappa shape index (κ2) is 5.57. The number of aliphatic carboxylic acids is 1. The fourth-order valence-corrected chi connectivity index (χ4v) is 2.85. The molecule has 2 aromatic rings. The molecule has 112 valence electrons. The molecule has 0 atom stereocenters. The van der Waals surface area contributed by atoms with Crippen LogP contribution in [-0.4, -0.2) is 29.3 Å². The first-order chi connectivity index (χ1) is 9.78. The average molecular weight is 309 g/mol. The Balaban J connectivity index is 2.22. The Bertz CT molecular complexity index is 780. The predicted octanol–water partition coefficient (Wildman–Crippen LogP) is 1.39. The van der Waals surface area contributed by atoms with Crippen LogP contribution in [0, 0.1) is 13.8 Å². The number of hydrogen-bond acceptors (Lipinski definition) is 4. The van der Waals surface area contributed by atoms with Crippen molar-refractivity contribution in [3.63, 3.8) is 0 Å². The van der Waals surface area contributed by atoms with E-state index in [0.29, 0.717) is 0 Å². The highest BCUT2D eigenvalue weighted by atomic mass is 32.2. The van der Waals surface area contributed by atoms with Crippen LogP contribution in [0.1, 0.15) is 11.1 Å². The molecule has 7 nitrogen and oxygen atoms in total. The smallest absolute Gasteiger partial charge is 0.325 e. The zero-order chi connectivity index (χ0) is 15.6. The van der Waals surface area contributed by atoms with Gasteiger partial charge in [-0.25, -0.2) is 8.42 Å². The van der Waals surface area contributed by atoms with Gasteiger partial charge in [0.2, 0.25) is 0 Å². The fraction of sp³-hybridized carbons (Fsp3) is 0.231. The number of anilines is 1. The van der Waals surface area contributed by atoms with Crippen LogP contribution in [0.4, 0.5) is 5.69 Å². The molecule has 2 rings (SSSR count). The number of carbonyl (C=O) groups is 1. The largest absolute Gasteiger partial charge is 0.480 e. The van der Waals surface area contributed by atoms with Crippen LogP contribution in [0.2, 0.25) is 0 Å². The van der Waals surface area contributed by atoms with Gasteiger partial charge in [0.15, 0.2) is 0 Å². The van der Waals surface area contributed by atoms with Gasteiger partial charge in [-0.15, -0.1) is 0 Å². The Labute approximate surface area is 122 Å². The Kier molecular flexibility index (Phi) is 3.99. The third-order valence-electron chi connectivity index (χ3n) is 2.97. The molecule has 0 unspecified atom stereocenters. The van der Waals surface area contributed by atoms with Crippen LogP contribution in [0.15, 0.2) is 35.5 Å². The molecule has 0 bridgehead atoms. The van der Waals surface area contributed by atoms with Gasteiger partial charge in [-0.1, -0.05) is 6.07 Å². The Hall–Kier alpha value is -2.35. The topological polar surface area (TPSA) is 101 Å². The highest BCUT2D eigenvalue weighted by molar-refractivity contribution is 7.92. The van der Waals surface area contributed by atoms with E-state index in [1.165, 1.54) is 18.5 Å². The van der Waals surface area contributed by atoms with Crippen molar-refractivity contribution in [3.8, 4) is 0 Å². The molecule has 0 aliphatic heterocycles. The molecule has 1 heterocycles. The number of hydrogen-bond donors (Lipinski definition) is 2. The summed E-state index contributed by atoms with van der Waals surface area (Å²) < 4.78 is 28.0. The quantitative estimate of drug-likeness (QED) is 0.869. The summed E-state index contributed by atoms with van der Waals surface area (Å²) in [5, 5.41) is 12.4. The molecule has 8 heteroatoms. The number of sulfonamides is 1. The van der Waals surface area contributed by atoms with Crippen molar-refractivity contribution in [3.05, 3.63) is 41.7 Å². The lowest BCUT2D eigenvalue weighted by Gasteiger charge is -2.08. The van der Waals surface area contributed by atoms with Crippen LogP contribution in [0.3, 0.4) is 0 Å². The van der Waals surface area contributed by atoms with Gasteiger partial charge in [0.1, 0.15) is 6.54 Å². The molecule has 0 amide bonds. The summed E-state index contributed by atoms with van der Waals surface area (Å²) >= 11 is 0.